The molecule has 2 heterocycles. The first kappa shape index (κ1) is 18.1. The molecule has 0 saturated carbocycles. The molecule has 1 fully saturated rings. The summed E-state index contributed by atoms with van der Waals surface area (Å²) < 4.78 is 0.847. The van der Waals surface area contributed by atoms with Crippen LogP contribution in [0.5, 0.6) is 0 Å². The summed E-state index contributed by atoms with van der Waals surface area (Å²) in [7, 11) is 0. The highest BCUT2D eigenvalue weighted by Gasteiger charge is 2.46. The number of hydrogen-bond donors (Lipinski definition) is 1. The lowest BCUT2D eigenvalue weighted by atomic mass is 9.95. The first-order chi connectivity index (χ1) is 13.6. The maximum absolute atomic E-state index is 12.9. The van der Waals surface area contributed by atoms with Crippen LogP contribution in [-0.4, -0.2) is 21.8 Å². The fraction of sp³-hybridized carbons (Fsp3) is 0.0455. The number of pyridine rings is 1. The van der Waals surface area contributed by atoms with Crippen LogP contribution in [0.1, 0.15) is 17.2 Å². The van der Waals surface area contributed by atoms with Crippen molar-refractivity contribution in [2.45, 2.75) is 6.04 Å². The van der Waals surface area contributed by atoms with Crippen molar-refractivity contribution in [1.29, 1.82) is 0 Å². The van der Waals surface area contributed by atoms with E-state index in [4.69, 9.17) is 0 Å². The van der Waals surface area contributed by atoms with Gasteiger partial charge >= 0.3 is 0 Å². The van der Waals surface area contributed by atoms with Gasteiger partial charge in [-0.25, -0.2) is 0 Å². The molecule has 1 saturated heterocycles. The smallest absolute Gasteiger partial charge is 0.300 e. The number of benzene rings is 2. The van der Waals surface area contributed by atoms with Crippen LogP contribution in [-0.2, 0) is 9.59 Å². The summed E-state index contributed by atoms with van der Waals surface area (Å²) in [6.45, 7) is 0. The third-order valence-corrected chi connectivity index (χ3v) is 5.13. The summed E-state index contributed by atoms with van der Waals surface area (Å²) in [5.74, 6) is -1.62. The predicted molar refractivity (Wildman–Crippen MR) is 110 cm³/mol. The van der Waals surface area contributed by atoms with E-state index >= 15 is 0 Å². The summed E-state index contributed by atoms with van der Waals surface area (Å²) in [6, 6.07) is 18.8. The molecule has 1 amide bonds. The highest BCUT2D eigenvalue weighted by Crippen LogP contribution is 2.41. The van der Waals surface area contributed by atoms with Crippen molar-refractivity contribution >= 4 is 39.1 Å². The Bertz CT molecular complexity index is 1060. The minimum Gasteiger partial charge on any atom is -0.507 e. The summed E-state index contributed by atoms with van der Waals surface area (Å²) in [6.07, 6.45) is 3.13. The molecule has 0 spiro atoms. The molecule has 0 radical (unpaired) electrons. The lowest BCUT2D eigenvalue weighted by Gasteiger charge is -2.25. The number of halogens is 1. The molecule has 4 rings (SSSR count). The SMILES string of the molecule is O=C1C(=O)N(c2cccnc2)[C@H](c2ccccc2)C1=C(O)c1ccc(Br)cc1. The number of amides is 1. The molecule has 1 aliphatic heterocycles. The second-order valence-corrected chi connectivity index (χ2v) is 7.21. The van der Waals surface area contributed by atoms with Crippen LogP contribution in [0.2, 0.25) is 0 Å². The monoisotopic (exact) mass is 434 g/mol. The number of rotatable bonds is 3. The van der Waals surface area contributed by atoms with Crippen molar-refractivity contribution in [2.24, 2.45) is 0 Å². The van der Waals surface area contributed by atoms with E-state index in [9.17, 15) is 14.7 Å². The van der Waals surface area contributed by atoms with E-state index in [0.29, 0.717) is 11.3 Å². The fourth-order valence-corrected chi connectivity index (χ4v) is 3.57. The van der Waals surface area contributed by atoms with Crippen LogP contribution in [0, 0.1) is 0 Å². The number of aromatic nitrogens is 1. The average molecular weight is 435 g/mol. The van der Waals surface area contributed by atoms with Gasteiger partial charge in [0.25, 0.3) is 11.7 Å². The van der Waals surface area contributed by atoms with Gasteiger partial charge < -0.3 is 5.11 Å². The number of aliphatic hydroxyl groups is 1. The number of ketones is 1. The molecular weight excluding hydrogens is 420 g/mol. The number of aliphatic hydroxyl groups excluding tert-OH is 1. The van der Waals surface area contributed by atoms with Crippen LogP contribution >= 0.6 is 15.9 Å². The second kappa shape index (κ2) is 7.40. The third-order valence-electron chi connectivity index (χ3n) is 4.60. The van der Waals surface area contributed by atoms with Crippen LogP contribution in [0.4, 0.5) is 5.69 Å². The van der Waals surface area contributed by atoms with Gasteiger partial charge in [-0.05, 0) is 29.8 Å². The summed E-state index contributed by atoms with van der Waals surface area (Å²) in [5.41, 5.74) is 1.74. The normalized spacial score (nSPS) is 18.5. The Morgan fingerprint density at radius 3 is 2.32 bits per heavy atom. The molecule has 28 heavy (non-hydrogen) atoms. The van der Waals surface area contributed by atoms with E-state index in [1.807, 2.05) is 30.3 Å². The van der Waals surface area contributed by atoms with Gasteiger partial charge in [-0.15, -0.1) is 0 Å². The number of nitrogens with zero attached hydrogens (tertiary/aromatic N) is 2. The zero-order valence-electron chi connectivity index (χ0n) is 14.6. The first-order valence-electron chi connectivity index (χ1n) is 8.60. The van der Waals surface area contributed by atoms with E-state index in [-0.39, 0.29) is 11.3 Å². The third kappa shape index (κ3) is 3.12. The molecule has 5 nitrogen and oxygen atoms in total. The molecule has 0 aliphatic carbocycles. The van der Waals surface area contributed by atoms with Crippen molar-refractivity contribution in [3.8, 4) is 0 Å². The molecule has 0 bridgehead atoms. The standard InChI is InChI=1S/C22H15BrN2O3/c23-16-10-8-15(9-11-16)20(26)18-19(14-5-2-1-3-6-14)25(22(28)21(18)27)17-7-4-12-24-13-17/h1-13,19,26H/t19-/m1/s1. The first-order valence-corrected chi connectivity index (χ1v) is 9.39. The summed E-state index contributed by atoms with van der Waals surface area (Å²) in [5, 5.41) is 10.9. The molecule has 138 valence electrons. The van der Waals surface area contributed by atoms with E-state index in [1.165, 1.54) is 11.1 Å². The average Bonchev–Trinajstić information content (AvgIpc) is 3.00. The highest BCUT2D eigenvalue weighted by atomic mass is 79.9. The lowest BCUT2D eigenvalue weighted by Crippen LogP contribution is -2.29. The number of carbonyl (C=O) groups is 2. The molecule has 2 aromatic carbocycles. The van der Waals surface area contributed by atoms with Crippen molar-refractivity contribution in [1.82, 2.24) is 4.98 Å². The van der Waals surface area contributed by atoms with Crippen molar-refractivity contribution in [3.63, 3.8) is 0 Å². The van der Waals surface area contributed by atoms with Crippen LogP contribution in [0.25, 0.3) is 5.76 Å². The van der Waals surface area contributed by atoms with Crippen molar-refractivity contribution in [3.05, 3.63) is 100 Å². The zero-order chi connectivity index (χ0) is 19.7. The molecule has 1 aromatic heterocycles. The van der Waals surface area contributed by atoms with Gasteiger partial charge in [0, 0.05) is 16.2 Å². The Morgan fingerprint density at radius 1 is 0.964 bits per heavy atom. The van der Waals surface area contributed by atoms with Crippen LogP contribution in [0.3, 0.4) is 0 Å². The quantitative estimate of drug-likeness (QED) is 0.375. The van der Waals surface area contributed by atoms with E-state index < -0.39 is 17.7 Å². The molecule has 1 atom stereocenters. The van der Waals surface area contributed by atoms with E-state index in [2.05, 4.69) is 20.9 Å². The molecule has 1 aliphatic rings. The highest BCUT2D eigenvalue weighted by molar-refractivity contribution is 9.10. The molecular formula is C22H15BrN2O3. The largest absolute Gasteiger partial charge is 0.507 e. The van der Waals surface area contributed by atoms with Gasteiger partial charge in [-0.3, -0.25) is 19.5 Å². The lowest BCUT2D eigenvalue weighted by molar-refractivity contribution is -0.132. The van der Waals surface area contributed by atoms with Crippen molar-refractivity contribution < 1.29 is 14.7 Å². The van der Waals surface area contributed by atoms with Crippen LogP contribution < -0.4 is 4.90 Å². The Balaban J connectivity index is 1.94. The predicted octanol–water partition coefficient (Wildman–Crippen LogP) is 4.47. The fourth-order valence-electron chi connectivity index (χ4n) is 3.31. The van der Waals surface area contributed by atoms with Gasteiger partial charge in [0.15, 0.2) is 0 Å². The number of anilines is 1. The van der Waals surface area contributed by atoms with E-state index in [0.717, 1.165) is 10.0 Å². The number of hydrogen-bond acceptors (Lipinski definition) is 4. The molecule has 3 aromatic rings. The maximum atomic E-state index is 12.9. The number of Topliss-reactive ketones (excluding diaryl/α,β-unsaturated/α-hetero) is 1. The Kier molecular flexibility index (Phi) is 4.79. The Morgan fingerprint density at radius 2 is 1.68 bits per heavy atom. The summed E-state index contributed by atoms with van der Waals surface area (Å²) in [4.78, 5) is 31.3. The van der Waals surface area contributed by atoms with Gasteiger partial charge in [-0.2, -0.15) is 0 Å². The van der Waals surface area contributed by atoms with Crippen LogP contribution in [0.15, 0.2) is 89.2 Å². The topological polar surface area (TPSA) is 70.5 Å². The van der Waals surface area contributed by atoms with Gasteiger partial charge in [0.2, 0.25) is 0 Å². The maximum Gasteiger partial charge on any atom is 0.300 e. The van der Waals surface area contributed by atoms with Gasteiger partial charge in [0.1, 0.15) is 5.76 Å². The molecule has 6 heteroatoms. The minimum absolute atomic E-state index is 0.0578. The molecule has 0 unspecified atom stereocenters. The van der Waals surface area contributed by atoms with Gasteiger partial charge in [-0.1, -0.05) is 58.4 Å². The van der Waals surface area contributed by atoms with Gasteiger partial charge in [0.05, 0.1) is 23.5 Å². The second-order valence-electron chi connectivity index (χ2n) is 6.30. The Labute approximate surface area is 170 Å². The summed E-state index contributed by atoms with van der Waals surface area (Å²) >= 11 is 3.35. The number of carbonyl (C=O) groups excluding carboxylic acids is 2. The minimum atomic E-state index is -0.742. The molecule has 1 N–H and O–H groups in total. The zero-order valence-corrected chi connectivity index (χ0v) is 16.2. The van der Waals surface area contributed by atoms with Crippen molar-refractivity contribution in [2.75, 3.05) is 4.90 Å². The Hall–Kier alpha value is -3.25. The van der Waals surface area contributed by atoms with E-state index in [1.54, 1.807) is 42.6 Å².